The third kappa shape index (κ3) is 6.78. The van der Waals surface area contributed by atoms with E-state index in [4.69, 9.17) is 4.74 Å². The van der Waals surface area contributed by atoms with Crippen molar-refractivity contribution in [3.8, 4) is 0 Å². The van der Waals surface area contributed by atoms with Crippen LogP contribution >= 0.6 is 0 Å². The maximum Gasteiger partial charge on any atom is 0.338 e. The molecular formula is C23H21N3O5S. The molecule has 3 rings (SSSR count). The van der Waals surface area contributed by atoms with Gasteiger partial charge < -0.3 is 4.74 Å². The van der Waals surface area contributed by atoms with Gasteiger partial charge in [0.05, 0.1) is 17.5 Å². The van der Waals surface area contributed by atoms with Crippen molar-refractivity contribution in [3.63, 3.8) is 0 Å². The molecule has 9 heteroatoms. The SMILES string of the molecule is CS(=O)(=O)Nc1cccc(C(=O)OCC(=O)NN=C(c2ccccc2)c2ccccc2)c1. The van der Waals surface area contributed by atoms with Gasteiger partial charge in [0.25, 0.3) is 5.91 Å². The minimum absolute atomic E-state index is 0.101. The second-order valence-electron chi connectivity index (χ2n) is 6.76. The summed E-state index contributed by atoms with van der Waals surface area (Å²) in [5.41, 5.74) is 4.91. The number of hydrogen-bond acceptors (Lipinski definition) is 6. The van der Waals surface area contributed by atoms with E-state index < -0.39 is 28.5 Å². The zero-order valence-electron chi connectivity index (χ0n) is 17.2. The lowest BCUT2D eigenvalue weighted by Crippen LogP contribution is -2.26. The fourth-order valence-electron chi connectivity index (χ4n) is 2.78. The molecule has 0 heterocycles. The Labute approximate surface area is 186 Å². The zero-order valence-corrected chi connectivity index (χ0v) is 18.0. The molecule has 0 aromatic heterocycles. The van der Waals surface area contributed by atoms with Crippen molar-refractivity contribution >= 4 is 33.3 Å². The Morgan fingerprint density at radius 1 is 0.844 bits per heavy atom. The Morgan fingerprint density at radius 2 is 1.41 bits per heavy atom. The van der Waals surface area contributed by atoms with Gasteiger partial charge in [0, 0.05) is 16.8 Å². The lowest BCUT2D eigenvalue weighted by atomic mass is 10.0. The first-order valence-electron chi connectivity index (χ1n) is 9.54. The lowest BCUT2D eigenvalue weighted by molar-refractivity contribution is -0.124. The van der Waals surface area contributed by atoms with Crippen LogP contribution in [0.1, 0.15) is 21.5 Å². The number of amides is 1. The summed E-state index contributed by atoms with van der Waals surface area (Å²) in [5.74, 6) is -1.39. The number of rotatable bonds is 8. The Kier molecular flexibility index (Phi) is 7.35. The number of carbonyl (C=O) groups is 2. The van der Waals surface area contributed by atoms with Gasteiger partial charge in [-0.05, 0) is 18.2 Å². The Balaban J connectivity index is 1.65. The molecule has 0 atom stereocenters. The lowest BCUT2D eigenvalue weighted by Gasteiger charge is -2.09. The van der Waals surface area contributed by atoms with Crippen molar-refractivity contribution in [3.05, 3.63) is 102 Å². The highest BCUT2D eigenvalue weighted by molar-refractivity contribution is 7.92. The largest absolute Gasteiger partial charge is 0.452 e. The van der Waals surface area contributed by atoms with E-state index in [-0.39, 0.29) is 11.3 Å². The number of hydrazone groups is 1. The summed E-state index contributed by atoms with van der Waals surface area (Å²) in [6.07, 6.45) is 1.00. The quantitative estimate of drug-likeness (QED) is 0.311. The Bertz CT molecular complexity index is 1190. The Hall–Kier alpha value is -3.98. The number of carbonyl (C=O) groups excluding carboxylic acids is 2. The Morgan fingerprint density at radius 3 is 1.97 bits per heavy atom. The van der Waals surface area contributed by atoms with Gasteiger partial charge in [-0.15, -0.1) is 0 Å². The summed E-state index contributed by atoms with van der Waals surface area (Å²) in [5, 5.41) is 4.22. The molecule has 3 aromatic rings. The predicted molar refractivity (Wildman–Crippen MR) is 122 cm³/mol. The first-order valence-corrected chi connectivity index (χ1v) is 11.4. The van der Waals surface area contributed by atoms with E-state index in [9.17, 15) is 18.0 Å². The number of anilines is 1. The second-order valence-corrected chi connectivity index (χ2v) is 8.51. The van der Waals surface area contributed by atoms with E-state index in [2.05, 4.69) is 15.2 Å². The number of ether oxygens (including phenoxy) is 1. The van der Waals surface area contributed by atoms with E-state index in [1.807, 2.05) is 60.7 Å². The van der Waals surface area contributed by atoms with Gasteiger partial charge in [-0.25, -0.2) is 18.6 Å². The molecule has 0 aliphatic heterocycles. The van der Waals surface area contributed by atoms with Crippen LogP contribution in [0.25, 0.3) is 0 Å². The molecule has 164 valence electrons. The van der Waals surface area contributed by atoms with Crippen LogP contribution in [-0.4, -0.2) is 38.9 Å². The first-order chi connectivity index (χ1) is 15.3. The summed E-state index contributed by atoms with van der Waals surface area (Å²) in [6, 6.07) is 24.5. The van der Waals surface area contributed by atoms with E-state index >= 15 is 0 Å². The van der Waals surface area contributed by atoms with Crippen molar-refractivity contribution in [2.24, 2.45) is 5.10 Å². The van der Waals surface area contributed by atoms with Crippen LogP contribution < -0.4 is 10.1 Å². The van der Waals surface area contributed by atoms with Gasteiger partial charge in [-0.3, -0.25) is 9.52 Å². The van der Waals surface area contributed by atoms with Crippen LogP contribution in [0.5, 0.6) is 0 Å². The average Bonchev–Trinajstić information content (AvgIpc) is 2.78. The van der Waals surface area contributed by atoms with E-state index in [0.29, 0.717) is 5.71 Å². The summed E-state index contributed by atoms with van der Waals surface area (Å²) in [4.78, 5) is 24.4. The highest BCUT2D eigenvalue weighted by Gasteiger charge is 2.13. The molecule has 0 aliphatic rings. The number of hydrogen-bond donors (Lipinski definition) is 2. The molecule has 0 aliphatic carbocycles. The van der Waals surface area contributed by atoms with Gasteiger partial charge in [0.1, 0.15) is 0 Å². The normalized spacial score (nSPS) is 10.7. The maximum absolute atomic E-state index is 12.2. The molecule has 0 bridgehead atoms. The maximum atomic E-state index is 12.2. The number of esters is 1. The summed E-state index contributed by atoms with van der Waals surface area (Å²) < 4.78 is 30.0. The number of nitrogens with zero attached hydrogens (tertiary/aromatic N) is 1. The van der Waals surface area contributed by atoms with Gasteiger partial charge in [-0.2, -0.15) is 5.10 Å². The monoisotopic (exact) mass is 451 g/mol. The van der Waals surface area contributed by atoms with Crippen molar-refractivity contribution < 1.29 is 22.7 Å². The topological polar surface area (TPSA) is 114 Å². The summed E-state index contributed by atoms with van der Waals surface area (Å²) in [7, 11) is -3.49. The van der Waals surface area contributed by atoms with Crippen molar-refractivity contribution in [2.75, 3.05) is 17.6 Å². The van der Waals surface area contributed by atoms with Crippen molar-refractivity contribution in [1.82, 2.24) is 5.43 Å². The number of benzene rings is 3. The molecule has 0 fully saturated rings. The third-order valence-corrected chi connectivity index (χ3v) is 4.73. The molecular weight excluding hydrogens is 430 g/mol. The molecule has 8 nitrogen and oxygen atoms in total. The fraction of sp³-hybridized carbons (Fsp3) is 0.0870. The van der Waals surface area contributed by atoms with Crippen LogP contribution in [0, 0.1) is 0 Å². The van der Waals surface area contributed by atoms with E-state index in [1.165, 1.54) is 24.3 Å². The average molecular weight is 452 g/mol. The second kappa shape index (κ2) is 10.4. The van der Waals surface area contributed by atoms with Gasteiger partial charge in [0.2, 0.25) is 10.0 Å². The van der Waals surface area contributed by atoms with Crippen LogP contribution in [0.3, 0.4) is 0 Å². The van der Waals surface area contributed by atoms with Gasteiger partial charge >= 0.3 is 5.97 Å². The third-order valence-electron chi connectivity index (χ3n) is 4.12. The standard InChI is InChI=1S/C23H21N3O5S/c1-32(29,30)26-20-14-8-13-19(15-20)23(28)31-16-21(27)24-25-22(17-9-4-2-5-10-17)18-11-6-3-7-12-18/h2-15,26H,16H2,1H3,(H,24,27). The first kappa shape index (κ1) is 22.7. The van der Waals surface area contributed by atoms with Gasteiger partial charge in [-0.1, -0.05) is 66.7 Å². The molecule has 1 amide bonds. The van der Waals surface area contributed by atoms with E-state index in [0.717, 1.165) is 17.4 Å². The summed E-state index contributed by atoms with van der Waals surface area (Å²) in [6.45, 7) is -0.553. The van der Waals surface area contributed by atoms with Crippen LogP contribution in [0.15, 0.2) is 90.0 Å². The minimum Gasteiger partial charge on any atom is -0.452 e. The van der Waals surface area contributed by atoms with Crippen LogP contribution in [0.2, 0.25) is 0 Å². The van der Waals surface area contributed by atoms with E-state index in [1.54, 1.807) is 0 Å². The van der Waals surface area contributed by atoms with Crippen LogP contribution in [-0.2, 0) is 19.6 Å². The smallest absolute Gasteiger partial charge is 0.338 e. The highest BCUT2D eigenvalue weighted by Crippen LogP contribution is 2.13. The van der Waals surface area contributed by atoms with Gasteiger partial charge in [0.15, 0.2) is 6.61 Å². The zero-order chi connectivity index (χ0) is 23.0. The minimum atomic E-state index is -3.49. The molecule has 0 saturated heterocycles. The fourth-order valence-corrected chi connectivity index (χ4v) is 3.33. The van der Waals surface area contributed by atoms with Crippen LogP contribution in [0.4, 0.5) is 5.69 Å². The molecule has 0 radical (unpaired) electrons. The molecule has 3 aromatic carbocycles. The number of sulfonamides is 1. The molecule has 2 N–H and O–H groups in total. The predicted octanol–water partition coefficient (Wildman–Crippen LogP) is 2.78. The summed E-state index contributed by atoms with van der Waals surface area (Å²) >= 11 is 0. The molecule has 32 heavy (non-hydrogen) atoms. The highest BCUT2D eigenvalue weighted by atomic mass is 32.2. The molecule has 0 unspecified atom stereocenters. The molecule has 0 spiro atoms. The van der Waals surface area contributed by atoms with Crippen molar-refractivity contribution in [2.45, 2.75) is 0 Å². The van der Waals surface area contributed by atoms with Crippen molar-refractivity contribution in [1.29, 1.82) is 0 Å². The molecule has 0 saturated carbocycles. The number of nitrogens with one attached hydrogen (secondary N) is 2.